The zero-order valence-electron chi connectivity index (χ0n) is 14.8. The molecule has 130 valence electrons. The second kappa shape index (κ2) is 7.24. The quantitative estimate of drug-likeness (QED) is 0.644. The molecule has 24 heavy (non-hydrogen) atoms. The van der Waals surface area contributed by atoms with Crippen molar-refractivity contribution in [2.45, 2.75) is 39.0 Å². The van der Waals surface area contributed by atoms with E-state index >= 15 is 0 Å². The number of hydrogen-bond acceptors (Lipinski definition) is 2. The molecule has 2 N–H and O–H groups in total. The molecule has 1 aromatic carbocycles. The molecular weight excluding hydrogens is 300 g/mol. The zero-order valence-corrected chi connectivity index (χ0v) is 14.8. The van der Waals surface area contributed by atoms with Crippen LogP contribution in [-0.4, -0.2) is 38.5 Å². The van der Waals surface area contributed by atoms with Crippen LogP contribution in [0.15, 0.2) is 29.3 Å². The van der Waals surface area contributed by atoms with E-state index < -0.39 is 0 Å². The number of nitrogens with one attached hydrogen (secondary N) is 2. The van der Waals surface area contributed by atoms with Crippen LogP contribution in [-0.2, 0) is 11.2 Å². The van der Waals surface area contributed by atoms with Crippen molar-refractivity contribution < 1.29 is 4.79 Å². The van der Waals surface area contributed by atoms with E-state index in [4.69, 9.17) is 0 Å². The van der Waals surface area contributed by atoms with Gasteiger partial charge in [-0.05, 0) is 42.7 Å². The fourth-order valence-electron chi connectivity index (χ4n) is 3.68. The van der Waals surface area contributed by atoms with Gasteiger partial charge in [0.05, 0.1) is 6.54 Å². The van der Waals surface area contributed by atoms with Crippen molar-refractivity contribution in [3.05, 3.63) is 29.8 Å². The highest BCUT2D eigenvalue weighted by Gasteiger charge is 2.35. The van der Waals surface area contributed by atoms with E-state index in [9.17, 15) is 4.79 Å². The van der Waals surface area contributed by atoms with Gasteiger partial charge in [0.1, 0.15) is 0 Å². The van der Waals surface area contributed by atoms with Gasteiger partial charge < -0.3 is 15.5 Å². The molecule has 2 aliphatic rings. The van der Waals surface area contributed by atoms with Crippen LogP contribution < -0.4 is 15.5 Å². The zero-order chi connectivity index (χ0) is 17.0. The third-order valence-electron chi connectivity index (χ3n) is 5.61. The Morgan fingerprint density at radius 1 is 1.29 bits per heavy atom. The number of nitrogens with zero attached hydrogens (tertiary/aromatic N) is 2. The lowest BCUT2D eigenvalue weighted by molar-refractivity contribution is -0.117. The molecule has 0 aromatic heterocycles. The van der Waals surface area contributed by atoms with Gasteiger partial charge in [-0.15, -0.1) is 0 Å². The second-order valence-corrected chi connectivity index (χ2v) is 6.91. The number of rotatable bonds is 5. The highest BCUT2D eigenvalue weighted by molar-refractivity contribution is 5.98. The largest absolute Gasteiger partial charge is 0.356 e. The lowest BCUT2D eigenvalue weighted by atomic mass is 9.67. The third kappa shape index (κ3) is 3.40. The Kier molecular flexibility index (Phi) is 5.07. The van der Waals surface area contributed by atoms with Crippen molar-refractivity contribution in [2.75, 3.05) is 31.6 Å². The predicted octanol–water partition coefficient (Wildman–Crippen LogP) is 2.32. The third-order valence-corrected chi connectivity index (χ3v) is 5.61. The molecule has 1 aromatic rings. The second-order valence-electron chi connectivity index (χ2n) is 6.91. The van der Waals surface area contributed by atoms with E-state index in [1.807, 2.05) is 23.1 Å². The van der Waals surface area contributed by atoms with Crippen LogP contribution in [0.1, 0.15) is 38.2 Å². The number of amides is 1. The van der Waals surface area contributed by atoms with Gasteiger partial charge in [-0.3, -0.25) is 9.79 Å². The predicted molar refractivity (Wildman–Crippen MR) is 98.4 cm³/mol. The molecule has 1 heterocycles. The number of guanidine groups is 1. The molecule has 1 fully saturated rings. The first-order valence-corrected chi connectivity index (χ1v) is 9.00. The summed E-state index contributed by atoms with van der Waals surface area (Å²) < 4.78 is 0. The molecule has 3 rings (SSSR count). The molecule has 0 unspecified atom stereocenters. The molecule has 5 nitrogen and oxygen atoms in total. The number of aliphatic imine (C=N–C) groups is 1. The van der Waals surface area contributed by atoms with Gasteiger partial charge in [0.2, 0.25) is 5.91 Å². The van der Waals surface area contributed by atoms with Crippen LogP contribution in [0.5, 0.6) is 0 Å². The first-order chi connectivity index (χ1) is 11.7. The molecule has 1 amide bonds. The van der Waals surface area contributed by atoms with Gasteiger partial charge in [-0.1, -0.05) is 31.5 Å². The molecule has 1 aliphatic heterocycles. The van der Waals surface area contributed by atoms with Gasteiger partial charge in [-0.25, -0.2) is 0 Å². The van der Waals surface area contributed by atoms with Crippen LogP contribution in [0.4, 0.5) is 5.69 Å². The van der Waals surface area contributed by atoms with Crippen molar-refractivity contribution >= 4 is 17.6 Å². The fraction of sp³-hybridized carbons (Fsp3) is 0.579. The minimum atomic E-state index is 0.0942. The number of para-hydroxylation sites is 1. The summed E-state index contributed by atoms with van der Waals surface area (Å²) in [6, 6.07) is 8.14. The lowest BCUT2D eigenvalue weighted by Crippen LogP contribution is -2.48. The van der Waals surface area contributed by atoms with E-state index in [0.717, 1.165) is 31.2 Å². The normalized spacial score (nSPS) is 18.8. The summed E-state index contributed by atoms with van der Waals surface area (Å²) in [5.41, 5.74) is 2.73. The average Bonchev–Trinajstić information content (AvgIpc) is 3.00. The molecule has 1 saturated carbocycles. The van der Waals surface area contributed by atoms with Crippen molar-refractivity contribution in [1.29, 1.82) is 0 Å². The van der Waals surface area contributed by atoms with Gasteiger partial charge >= 0.3 is 0 Å². The van der Waals surface area contributed by atoms with Crippen molar-refractivity contribution in [3.8, 4) is 0 Å². The minimum Gasteiger partial charge on any atom is -0.356 e. The number of fused-ring (bicyclic) bond motifs is 1. The summed E-state index contributed by atoms with van der Waals surface area (Å²) in [5, 5.41) is 6.57. The maximum atomic E-state index is 12.5. The number of carbonyl (C=O) groups is 1. The molecule has 0 spiro atoms. The maximum Gasteiger partial charge on any atom is 0.246 e. The summed E-state index contributed by atoms with van der Waals surface area (Å²) in [6.07, 6.45) is 6.04. The SMILES string of the molecule is CCC1(CNC(=NC)NCC(=O)N2CCc3ccccc32)CCC1. The summed E-state index contributed by atoms with van der Waals surface area (Å²) >= 11 is 0. The monoisotopic (exact) mass is 328 g/mol. The van der Waals surface area contributed by atoms with E-state index in [0.29, 0.717) is 5.41 Å². The summed E-state index contributed by atoms with van der Waals surface area (Å²) in [4.78, 5) is 18.7. The summed E-state index contributed by atoms with van der Waals surface area (Å²) in [6.45, 7) is 4.23. The molecule has 0 bridgehead atoms. The molecule has 5 heteroatoms. The fourth-order valence-corrected chi connectivity index (χ4v) is 3.68. The Morgan fingerprint density at radius 2 is 2.08 bits per heavy atom. The van der Waals surface area contributed by atoms with E-state index in [-0.39, 0.29) is 12.5 Å². The Balaban J connectivity index is 1.50. The van der Waals surface area contributed by atoms with Crippen LogP contribution >= 0.6 is 0 Å². The Morgan fingerprint density at radius 3 is 2.75 bits per heavy atom. The maximum absolute atomic E-state index is 12.5. The van der Waals surface area contributed by atoms with Crippen molar-refractivity contribution in [2.24, 2.45) is 10.4 Å². The Hall–Kier alpha value is -2.04. The highest BCUT2D eigenvalue weighted by atomic mass is 16.2. The highest BCUT2D eigenvalue weighted by Crippen LogP contribution is 2.42. The number of carbonyl (C=O) groups excluding carboxylic acids is 1. The smallest absolute Gasteiger partial charge is 0.246 e. The molecule has 0 atom stereocenters. The number of hydrogen-bond donors (Lipinski definition) is 2. The Bertz CT molecular complexity index is 616. The van der Waals surface area contributed by atoms with Gasteiger partial charge in [0.25, 0.3) is 0 Å². The molecule has 0 radical (unpaired) electrons. The van der Waals surface area contributed by atoms with Crippen LogP contribution in [0.25, 0.3) is 0 Å². The average molecular weight is 328 g/mol. The number of benzene rings is 1. The van der Waals surface area contributed by atoms with Gasteiger partial charge in [0, 0.05) is 25.8 Å². The van der Waals surface area contributed by atoms with E-state index in [1.54, 1.807) is 7.05 Å². The molecule has 1 aliphatic carbocycles. The topological polar surface area (TPSA) is 56.7 Å². The molecular formula is C19H28N4O. The van der Waals surface area contributed by atoms with E-state index in [2.05, 4.69) is 28.6 Å². The standard InChI is InChI=1S/C19H28N4O/c1-3-19(10-6-11-19)14-22-18(20-2)21-13-17(24)23-12-9-15-7-4-5-8-16(15)23/h4-5,7-8H,3,6,9-14H2,1-2H3,(H2,20,21,22). The first kappa shape index (κ1) is 16.8. The van der Waals surface area contributed by atoms with Crippen molar-refractivity contribution in [3.63, 3.8) is 0 Å². The van der Waals surface area contributed by atoms with Crippen LogP contribution in [0, 0.1) is 5.41 Å². The van der Waals surface area contributed by atoms with Crippen LogP contribution in [0.2, 0.25) is 0 Å². The Labute approximate surface area is 144 Å². The molecule has 0 saturated heterocycles. The van der Waals surface area contributed by atoms with Gasteiger partial charge in [-0.2, -0.15) is 0 Å². The lowest BCUT2D eigenvalue weighted by Gasteiger charge is -2.41. The number of anilines is 1. The first-order valence-electron chi connectivity index (χ1n) is 9.00. The van der Waals surface area contributed by atoms with Crippen LogP contribution in [0.3, 0.4) is 0 Å². The summed E-state index contributed by atoms with van der Waals surface area (Å²) in [5.74, 6) is 0.812. The summed E-state index contributed by atoms with van der Waals surface area (Å²) in [7, 11) is 1.75. The van der Waals surface area contributed by atoms with Gasteiger partial charge in [0.15, 0.2) is 5.96 Å². The van der Waals surface area contributed by atoms with Crippen molar-refractivity contribution in [1.82, 2.24) is 10.6 Å². The minimum absolute atomic E-state index is 0.0942. The van der Waals surface area contributed by atoms with E-state index in [1.165, 1.54) is 31.2 Å².